The Morgan fingerprint density at radius 1 is 1.32 bits per heavy atom. The molecule has 0 amide bonds. The minimum atomic E-state index is -0.463. The van der Waals surface area contributed by atoms with Crippen LogP contribution in [0.5, 0.6) is 0 Å². The van der Waals surface area contributed by atoms with Crippen LogP contribution < -0.4 is 4.90 Å². The van der Waals surface area contributed by atoms with Gasteiger partial charge in [-0.25, -0.2) is 0 Å². The summed E-state index contributed by atoms with van der Waals surface area (Å²) < 4.78 is 0. The molecule has 1 aliphatic rings. The van der Waals surface area contributed by atoms with Gasteiger partial charge in [0.1, 0.15) is 0 Å². The van der Waals surface area contributed by atoms with Gasteiger partial charge in [0.25, 0.3) is 0 Å². The molecule has 2 nitrogen and oxygen atoms in total. The van der Waals surface area contributed by atoms with Gasteiger partial charge in [-0.05, 0) is 43.4 Å². The van der Waals surface area contributed by atoms with Crippen molar-refractivity contribution >= 4 is 17.3 Å². The smallest absolute Gasteiger partial charge is 0.0762 e. The lowest BCUT2D eigenvalue weighted by molar-refractivity contribution is 0.199. The number of aliphatic hydroxyl groups excluding tert-OH is 1. The quantitative estimate of drug-likeness (QED) is 0.884. The highest BCUT2D eigenvalue weighted by atomic mass is 35.5. The lowest BCUT2D eigenvalue weighted by atomic mass is 9.89. The van der Waals surface area contributed by atoms with E-state index in [4.69, 9.17) is 11.6 Å². The third-order valence-electron chi connectivity index (χ3n) is 4.12. The second kappa shape index (κ2) is 6.62. The Balaban J connectivity index is 2.03. The van der Waals surface area contributed by atoms with E-state index in [0.717, 1.165) is 28.7 Å². The summed E-state index contributed by atoms with van der Waals surface area (Å²) in [6.07, 6.45) is 6.35. The zero-order valence-corrected chi connectivity index (χ0v) is 12.7. The third kappa shape index (κ3) is 3.87. The van der Waals surface area contributed by atoms with E-state index in [2.05, 4.69) is 11.9 Å². The molecule has 0 radical (unpaired) electrons. The van der Waals surface area contributed by atoms with Gasteiger partial charge in [-0.1, -0.05) is 36.9 Å². The summed E-state index contributed by atoms with van der Waals surface area (Å²) in [4.78, 5) is 2.25. The van der Waals surface area contributed by atoms with Crippen LogP contribution in [0, 0.1) is 5.92 Å². The van der Waals surface area contributed by atoms with E-state index in [-0.39, 0.29) is 0 Å². The Kier molecular flexibility index (Phi) is 5.12. The van der Waals surface area contributed by atoms with Gasteiger partial charge in [0, 0.05) is 13.6 Å². The van der Waals surface area contributed by atoms with Crippen LogP contribution in [0.15, 0.2) is 18.2 Å². The fraction of sp³-hybridized carbons (Fsp3) is 0.625. The van der Waals surface area contributed by atoms with Crippen LogP contribution in [-0.4, -0.2) is 18.7 Å². The first-order valence-electron chi connectivity index (χ1n) is 7.26. The zero-order valence-electron chi connectivity index (χ0n) is 11.9. The fourth-order valence-electron chi connectivity index (χ4n) is 2.95. The van der Waals surface area contributed by atoms with Crippen molar-refractivity contribution in [1.82, 2.24) is 0 Å². The van der Waals surface area contributed by atoms with Gasteiger partial charge in [-0.15, -0.1) is 0 Å². The third-order valence-corrected chi connectivity index (χ3v) is 4.42. The molecule has 2 rings (SSSR count). The summed E-state index contributed by atoms with van der Waals surface area (Å²) in [5, 5.41) is 10.3. The van der Waals surface area contributed by atoms with Gasteiger partial charge in [0.15, 0.2) is 0 Å². The van der Waals surface area contributed by atoms with Gasteiger partial charge in [0.05, 0.1) is 16.8 Å². The van der Waals surface area contributed by atoms with E-state index < -0.39 is 6.10 Å². The molecule has 0 aromatic heterocycles. The average molecular weight is 282 g/mol. The number of halogens is 1. The van der Waals surface area contributed by atoms with E-state index in [9.17, 15) is 5.11 Å². The molecule has 0 bridgehead atoms. The molecule has 0 saturated heterocycles. The molecule has 0 aliphatic heterocycles. The standard InChI is InChI=1S/C16H24ClNO/c1-12(19)14-8-9-16(15(17)10-14)18(2)11-13-6-4-3-5-7-13/h8-10,12-13,19H,3-7,11H2,1-2H3. The highest BCUT2D eigenvalue weighted by molar-refractivity contribution is 6.33. The maximum atomic E-state index is 9.57. The van der Waals surface area contributed by atoms with Crippen LogP contribution in [0.25, 0.3) is 0 Å². The van der Waals surface area contributed by atoms with Crippen molar-refractivity contribution in [3.05, 3.63) is 28.8 Å². The van der Waals surface area contributed by atoms with Crippen molar-refractivity contribution in [1.29, 1.82) is 0 Å². The minimum absolute atomic E-state index is 0.463. The van der Waals surface area contributed by atoms with Crippen LogP contribution in [0.3, 0.4) is 0 Å². The second-order valence-electron chi connectivity index (χ2n) is 5.77. The van der Waals surface area contributed by atoms with E-state index in [1.54, 1.807) is 6.92 Å². The normalized spacial score (nSPS) is 18.3. The zero-order chi connectivity index (χ0) is 13.8. The maximum Gasteiger partial charge on any atom is 0.0762 e. The molecule has 19 heavy (non-hydrogen) atoms. The maximum absolute atomic E-state index is 9.57. The predicted molar refractivity (Wildman–Crippen MR) is 81.9 cm³/mol. The first-order chi connectivity index (χ1) is 9.08. The Morgan fingerprint density at radius 2 is 2.00 bits per heavy atom. The van der Waals surface area contributed by atoms with E-state index in [1.807, 2.05) is 18.2 Å². The highest BCUT2D eigenvalue weighted by Gasteiger charge is 2.17. The molecule has 0 spiro atoms. The van der Waals surface area contributed by atoms with Crippen molar-refractivity contribution in [2.75, 3.05) is 18.5 Å². The highest BCUT2D eigenvalue weighted by Crippen LogP contribution is 2.31. The number of hydrogen-bond donors (Lipinski definition) is 1. The van der Waals surface area contributed by atoms with Crippen molar-refractivity contribution in [3.8, 4) is 0 Å². The average Bonchev–Trinajstić information content (AvgIpc) is 2.39. The first kappa shape index (κ1) is 14.7. The lowest BCUT2D eigenvalue weighted by Gasteiger charge is -2.29. The number of aliphatic hydroxyl groups is 1. The minimum Gasteiger partial charge on any atom is -0.389 e. The molecule has 1 fully saturated rings. The lowest BCUT2D eigenvalue weighted by Crippen LogP contribution is -2.27. The molecular formula is C16H24ClNO. The second-order valence-corrected chi connectivity index (χ2v) is 6.18. The molecule has 1 aliphatic carbocycles. The van der Waals surface area contributed by atoms with Gasteiger partial charge in [-0.2, -0.15) is 0 Å². The summed E-state index contributed by atoms with van der Waals surface area (Å²) in [5.41, 5.74) is 1.94. The Morgan fingerprint density at radius 3 is 2.58 bits per heavy atom. The van der Waals surface area contributed by atoms with Crippen LogP contribution in [-0.2, 0) is 0 Å². The number of anilines is 1. The van der Waals surface area contributed by atoms with Crippen LogP contribution >= 0.6 is 11.6 Å². The summed E-state index contributed by atoms with van der Waals surface area (Å²) in [5.74, 6) is 0.797. The van der Waals surface area contributed by atoms with Crippen molar-refractivity contribution < 1.29 is 5.11 Å². The van der Waals surface area contributed by atoms with Crippen molar-refractivity contribution in [2.24, 2.45) is 5.92 Å². The Bertz CT molecular complexity index is 413. The summed E-state index contributed by atoms with van der Waals surface area (Å²) in [6, 6.07) is 5.86. The first-order valence-corrected chi connectivity index (χ1v) is 7.64. The Labute approximate surface area is 121 Å². The van der Waals surface area contributed by atoms with Crippen LogP contribution in [0.1, 0.15) is 50.7 Å². The van der Waals surface area contributed by atoms with E-state index in [1.165, 1.54) is 32.1 Å². The molecule has 1 aromatic rings. The Hall–Kier alpha value is -0.730. The largest absolute Gasteiger partial charge is 0.389 e. The monoisotopic (exact) mass is 281 g/mol. The van der Waals surface area contributed by atoms with Gasteiger partial charge in [-0.3, -0.25) is 0 Å². The molecular weight excluding hydrogens is 258 g/mol. The molecule has 1 saturated carbocycles. The van der Waals surface area contributed by atoms with E-state index in [0.29, 0.717) is 0 Å². The number of benzene rings is 1. The fourth-order valence-corrected chi connectivity index (χ4v) is 3.28. The summed E-state index contributed by atoms with van der Waals surface area (Å²) in [6.45, 7) is 2.84. The molecule has 106 valence electrons. The molecule has 0 heterocycles. The molecule has 1 atom stereocenters. The number of rotatable bonds is 4. The van der Waals surface area contributed by atoms with Crippen LogP contribution in [0.4, 0.5) is 5.69 Å². The molecule has 1 N–H and O–H groups in total. The predicted octanol–water partition coefficient (Wildman–Crippen LogP) is 4.41. The molecule has 1 unspecified atom stereocenters. The van der Waals surface area contributed by atoms with E-state index >= 15 is 0 Å². The molecule has 1 aromatic carbocycles. The topological polar surface area (TPSA) is 23.5 Å². The van der Waals surface area contributed by atoms with Gasteiger partial charge < -0.3 is 10.0 Å². The number of hydrogen-bond acceptors (Lipinski definition) is 2. The summed E-state index contributed by atoms with van der Waals surface area (Å²) in [7, 11) is 2.11. The molecule has 3 heteroatoms. The summed E-state index contributed by atoms with van der Waals surface area (Å²) >= 11 is 6.33. The van der Waals surface area contributed by atoms with Crippen LogP contribution in [0.2, 0.25) is 5.02 Å². The van der Waals surface area contributed by atoms with Gasteiger partial charge >= 0.3 is 0 Å². The van der Waals surface area contributed by atoms with Crippen molar-refractivity contribution in [2.45, 2.75) is 45.1 Å². The number of nitrogens with zero attached hydrogens (tertiary/aromatic N) is 1. The SMILES string of the molecule is CC(O)c1ccc(N(C)CC2CCCCC2)c(Cl)c1. The van der Waals surface area contributed by atoms with Gasteiger partial charge in [0.2, 0.25) is 0 Å². The van der Waals surface area contributed by atoms with Crippen molar-refractivity contribution in [3.63, 3.8) is 0 Å².